The van der Waals surface area contributed by atoms with Crippen LogP contribution < -0.4 is 5.32 Å². The van der Waals surface area contributed by atoms with Gasteiger partial charge in [0.1, 0.15) is 0 Å². The molecule has 2 rings (SSSR count). The Morgan fingerprint density at radius 1 is 0.895 bits per heavy atom. The summed E-state index contributed by atoms with van der Waals surface area (Å²) in [6.45, 7) is 8.67. The molecule has 2 fully saturated rings. The first-order valence-corrected chi connectivity index (χ1v) is 8.76. The smallest absolute Gasteiger partial charge is 0.00823 e. The Morgan fingerprint density at radius 2 is 1.68 bits per heavy atom. The van der Waals surface area contributed by atoms with Crippen LogP contribution in [0.15, 0.2) is 0 Å². The van der Waals surface area contributed by atoms with Gasteiger partial charge in [0.2, 0.25) is 0 Å². The molecule has 0 aromatic heterocycles. The number of rotatable bonds is 4. The first kappa shape index (κ1) is 15.3. The summed E-state index contributed by atoms with van der Waals surface area (Å²) in [6.07, 6.45) is 12.6. The minimum absolute atomic E-state index is 0.792. The van der Waals surface area contributed by atoms with Crippen LogP contribution >= 0.6 is 0 Å². The molecular formula is C17H34N2. The van der Waals surface area contributed by atoms with Crippen molar-refractivity contribution in [2.45, 2.75) is 83.7 Å². The Hall–Kier alpha value is -0.0800. The topological polar surface area (TPSA) is 15.3 Å². The minimum atomic E-state index is 0.792. The molecule has 0 spiro atoms. The molecular weight excluding hydrogens is 232 g/mol. The predicted molar refractivity (Wildman–Crippen MR) is 83.5 cm³/mol. The molecule has 1 saturated heterocycles. The summed E-state index contributed by atoms with van der Waals surface area (Å²) in [5, 5.41) is 3.99. The first-order valence-electron chi connectivity index (χ1n) is 8.76. The maximum absolute atomic E-state index is 3.99. The van der Waals surface area contributed by atoms with Gasteiger partial charge in [-0.05, 0) is 70.5 Å². The lowest BCUT2D eigenvalue weighted by atomic mass is 10.0. The lowest BCUT2D eigenvalue weighted by Crippen LogP contribution is -2.38. The Morgan fingerprint density at radius 3 is 2.53 bits per heavy atom. The fourth-order valence-corrected chi connectivity index (χ4v) is 3.85. The normalized spacial score (nSPS) is 34.7. The largest absolute Gasteiger partial charge is 0.311 e. The Balaban J connectivity index is 1.73. The van der Waals surface area contributed by atoms with Crippen LogP contribution in [0.3, 0.4) is 0 Å². The van der Waals surface area contributed by atoms with Crippen molar-refractivity contribution in [1.82, 2.24) is 10.2 Å². The highest BCUT2D eigenvalue weighted by Crippen LogP contribution is 2.24. The van der Waals surface area contributed by atoms with Gasteiger partial charge in [0.25, 0.3) is 0 Å². The highest BCUT2D eigenvalue weighted by atomic mass is 15.1. The molecule has 0 aromatic carbocycles. The van der Waals surface area contributed by atoms with E-state index in [1.54, 1.807) is 0 Å². The fraction of sp³-hybridized carbons (Fsp3) is 1.00. The molecule has 1 heterocycles. The standard InChI is InChI=1S/C17H34N2/c1-3-12-19-13-5-8-17(11-14-19)18-16-7-4-6-15(2)9-10-16/h15-18H,3-14H2,1-2H3. The van der Waals surface area contributed by atoms with Gasteiger partial charge in [-0.15, -0.1) is 0 Å². The lowest BCUT2D eigenvalue weighted by Gasteiger charge is -2.24. The predicted octanol–water partition coefficient (Wildman–Crippen LogP) is 3.81. The van der Waals surface area contributed by atoms with Crippen LogP contribution in [-0.4, -0.2) is 36.6 Å². The molecule has 3 atom stereocenters. The molecule has 19 heavy (non-hydrogen) atoms. The van der Waals surface area contributed by atoms with Gasteiger partial charge in [0.05, 0.1) is 0 Å². The number of nitrogens with zero attached hydrogens (tertiary/aromatic N) is 1. The van der Waals surface area contributed by atoms with Crippen molar-refractivity contribution in [2.75, 3.05) is 19.6 Å². The zero-order valence-electron chi connectivity index (χ0n) is 13.2. The average molecular weight is 266 g/mol. The minimum Gasteiger partial charge on any atom is -0.311 e. The Kier molecular flexibility index (Phi) is 6.66. The van der Waals surface area contributed by atoms with Crippen molar-refractivity contribution in [3.8, 4) is 0 Å². The van der Waals surface area contributed by atoms with E-state index in [1.807, 2.05) is 0 Å². The molecule has 0 amide bonds. The first-order chi connectivity index (χ1) is 9.28. The summed E-state index contributed by atoms with van der Waals surface area (Å²) in [7, 11) is 0. The third kappa shape index (κ3) is 5.43. The van der Waals surface area contributed by atoms with E-state index < -0.39 is 0 Å². The van der Waals surface area contributed by atoms with Crippen LogP contribution in [0.1, 0.15) is 71.6 Å². The van der Waals surface area contributed by atoms with Crippen LogP contribution in [-0.2, 0) is 0 Å². The third-order valence-electron chi connectivity index (χ3n) is 5.09. The maximum atomic E-state index is 3.99. The molecule has 2 nitrogen and oxygen atoms in total. The van der Waals surface area contributed by atoms with Crippen LogP contribution in [0.4, 0.5) is 0 Å². The monoisotopic (exact) mass is 266 g/mol. The van der Waals surface area contributed by atoms with Gasteiger partial charge in [-0.25, -0.2) is 0 Å². The number of hydrogen-bond donors (Lipinski definition) is 1. The van der Waals surface area contributed by atoms with Gasteiger partial charge in [0.15, 0.2) is 0 Å². The van der Waals surface area contributed by atoms with Crippen LogP contribution in [0.25, 0.3) is 0 Å². The molecule has 1 aliphatic heterocycles. The molecule has 0 aromatic rings. The van der Waals surface area contributed by atoms with Gasteiger partial charge in [-0.2, -0.15) is 0 Å². The molecule has 0 bridgehead atoms. The second kappa shape index (κ2) is 8.26. The van der Waals surface area contributed by atoms with Crippen molar-refractivity contribution in [1.29, 1.82) is 0 Å². The van der Waals surface area contributed by atoms with E-state index in [0.717, 1.165) is 18.0 Å². The van der Waals surface area contributed by atoms with Crippen LogP contribution in [0.2, 0.25) is 0 Å². The van der Waals surface area contributed by atoms with E-state index in [2.05, 4.69) is 24.1 Å². The molecule has 112 valence electrons. The van der Waals surface area contributed by atoms with Gasteiger partial charge in [-0.3, -0.25) is 0 Å². The quantitative estimate of drug-likeness (QED) is 0.778. The van der Waals surface area contributed by atoms with E-state index >= 15 is 0 Å². The second-order valence-electron chi connectivity index (χ2n) is 6.95. The summed E-state index contributed by atoms with van der Waals surface area (Å²) in [4.78, 5) is 2.66. The van der Waals surface area contributed by atoms with E-state index in [0.29, 0.717) is 0 Å². The number of hydrogen-bond acceptors (Lipinski definition) is 2. The van der Waals surface area contributed by atoms with E-state index in [-0.39, 0.29) is 0 Å². The van der Waals surface area contributed by atoms with Crippen molar-refractivity contribution < 1.29 is 0 Å². The zero-order valence-corrected chi connectivity index (χ0v) is 13.2. The SMILES string of the molecule is CCCN1CCCC(NC2CCCC(C)CC2)CC1. The van der Waals surface area contributed by atoms with Gasteiger partial charge < -0.3 is 10.2 Å². The second-order valence-corrected chi connectivity index (χ2v) is 6.95. The molecule has 3 unspecified atom stereocenters. The fourth-order valence-electron chi connectivity index (χ4n) is 3.85. The zero-order chi connectivity index (χ0) is 13.5. The number of likely N-dealkylation sites (tertiary alicyclic amines) is 1. The van der Waals surface area contributed by atoms with Crippen molar-refractivity contribution in [3.05, 3.63) is 0 Å². The van der Waals surface area contributed by atoms with Crippen LogP contribution in [0, 0.1) is 5.92 Å². The summed E-state index contributed by atoms with van der Waals surface area (Å²) in [5.74, 6) is 0.959. The molecule has 0 radical (unpaired) electrons. The van der Waals surface area contributed by atoms with E-state index in [9.17, 15) is 0 Å². The Labute approximate surface area is 120 Å². The highest BCUT2D eigenvalue weighted by molar-refractivity contribution is 4.81. The molecule has 2 heteroatoms. The summed E-state index contributed by atoms with van der Waals surface area (Å²) >= 11 is 0. The molecule has 1 N–H and O–H groups in total. The van der Waals surface area contributed by atoms with Gasteiger partial charge in [-0.1, -0.05) is 26.7 Å². The van der Waals surface area contributed by atoms with Gasteiger partial charge >= 0.3 is 0 Å². The van der Waals surface area contributed by atoms with Crippen molar-refractivity contribution >= 4 is 0 Å². The number of nitrogens with one attached hydrogen (secondary N) is 1. The van der Waals surface area contributed by atoms with Gasteiger partial charge in [0, 0.05) is 12.1 Å². The van der Waals surface area contributed by atoms with E-state index in [1.165, 1.54) is 77.4 Å². The summed E-state index contributed by atoms with van der Waals surface area (Å²) in [6, 6.07) is 1.60. The maximum Gasteiger partial charge on any atom is 0.00823 e. The van der Waals surface area contributed by atoms with Crippen molar-refractivity contribution in [3.63, 3.8) is 0 Å². The molecule has 1 saturated carbocycles. The summed E-state index contributed by atoms with van der Waals surface area (Å²) < 4.78 is 0. The average Bonchev–Trinajstić information content (AvgIpc) is 2.73. The third-order valence-corrected chi connectivity index (χ3v) is 5.09. The van der Waals surface area contributed by atoms with Crippen molar-refractivity contribution in [2.24, 2.45) is 5.92 Å². The summed E-state index contributed by atoms with van der Waals surface area (Å²) in [5.41, 5.74) is 0. The van der Waals surface area contributed by atoms with E-state index in [4.69, 9.17) is 0 Å². The Bertz CT molecular complexity index is 241. The lowest BCUT2D eigenvalue weighted by molar-refractivity contribution is 0.280. The van der Waals surface area contributed by atoms with Crippen LogP contribution in [0.5, 0.6) is 0 Å². The highest BCUT2D eigenvalue weighted by Gasteiger charge is 2.21. The molecule has 2 aliphatic rings. The molecule has 1 aliphatic carbocycles.